The van der Waals surface area contributed by atoms with Gasteiger partial charge in [0, 0.05) is 5.56 Å². The van der Waals surface area contributed by atoms with E-state index in [9.17, 15) is 4.39 Å². The van der Waals surface area contributed by atoms with Crippen molar-refractivity contribution >= 4 is 11.6 Å². The lowest BCUT2D eigenvalue weighted by Gasteiger charge is -2.10. The van der Waals surface area contributed by atoms with Gasteiger partial charge in [-0.05, 0) is 42.2 Å². The average molecular weight is 293 g/mol. The standard InChI is InChI=1S/C17H18ClFO/c1-12(2)10-13-6-8-14(9-7-13)20-11-15-16(18)4-3-5-17(15)19/h3-9,12H,10-11H2,1-2H3. The van der Waals surface area contributed by atoms with Gasteiger partial charge in [-0.1, -0.05) is 43.6 Å². The molecule has 0 spiro atoms. The topological polar surface area (TPSA) is 9.23 Å². The maximum Gasteiger partial charge on any atom is 0.131 e. The van der Waals surface area contributed by atoms with E-state index in [-0.39, 0.29) is 12.4 Å². The third-order valence-corrected chi connectivity index (χ3v) is 3.37. The van der Waals surface area contributed by atoms with Gasteiger partial charge in [-0.15, -0.1) is 0 Å². The molecule has 0 amide bonds. The second-order valence-corrected chi connectivity index (χ2v) is 5.64. The lowest BCUT2D eigenvalue weighted by Crippen LogP contribution is -2.00. The van der Waals surface area contributed by atoms with E-state index in [2.05, 4.69) is 13.8 Å². The van der Waals surface area contributed by atoms with E-state index in [1.54, 1.807) is 12.1 Å². The molecule has 0 fully saturated rings. The van der Waals surface area contributed by atoms with Crippen LogP contribution in [0.1, 0.15) is 25.0 Å². The van der Waals surface area contributed by atoms with Crippen LogP contribution in [0.15, 0.2) is 42.5 Å². The molecular formula is C17H18ClFO. The highest BCUT2D eigenvalue weighted by molar-refractivity contribution is 6.31. The summed E-state index contributed by atoms with van der Waals surface area (Å²) in [7, 11) is 0. The van der Waals surface area contributed by atoms with Crippen molar-refractivity contribution in [2.75, 3.05) is 0 Å². The molecular weight excluding hydrogens is 275 g/mol. The Morgan fingerprint density at radius 1 is 1.10 bits per heavy atom. The molecule has 1 nitrogen and oxygen atoms in total. The van der Waals surface area contributed by atoms with Crippen LogP contribution < -0.4 is 4.74 Å². The summed E-state index contributed by atoms with van der Waals surface area (Å²) >= 11 is 5.96. The Hall–Kier alpha value is -1.54. The zero-order valence-electron chi connectivity index (χ0n) is 11.7. The fourth-order valence-corrected chi connectivity index (χ4v) is 2.24. The van der Waals surface area contributed by atoms with Crippen molar-refractivity contribution in [3.05, 3.63) is 64.4 Å². The van der Waals surface area contributed by atoms with E-state index in [0.29, 0.717) is 16.5 Å². The zero-order chi connectivity index (χ0) is 14.5. The van der Waals surface area contributed by atoms with E-state index in [4.69, 9.17) is 16.3 Å². The molecule has 0 unspecified atom stereocenters. The fourth-order valence-electron chi connectivity index (χ4n) is 2.02. The highest BCUT2D eigenvalue weighted by Crippen LogP contribution is 2.22. The van der Waals surface area contributed by atoms with Crippen LogP contribution in [0.5, 0.6) is 5.75 Å². The largest absolute Gasteiger partial charge is 0.489 e. The number of rotatable bonds is 5. The van der Waals surface area contributed by atoms with Gasteiger partial charge in [0.05, 0.1) is 5.02 Å². The number of hydrogen-bond acceptors (Lipinski definition) is 1. The Labute approximate surface area is 124 Å². The zero-order valence-corrected chi connectivity index (χ0v) is 12.5. The Balaban J connectivity index is 2.00. The monoisotopic (exact) mass is 292 g/mol. The summed E-state index contributed by atoms with van der Waals surface area (Å²) in [5.74, 6) is 1.00. The predicted octanol–water partition coefficient (Wildman–Crippen LogP) is 5.26. The molecule has 0 N–H and O–H groups in total. The Morgan fingerprint density at radius 3 is 2.40 bits per heavy atom. The summed E-state index contributed by atoms with van der Waals surface area (Å²) in [6.45, 7) is 4.50. The summed E-state index contributed by atoms with van der Waals surface area (Å²) in [5.41, 5.74) is 1.66. The maximum absolute atomic E-state index is 13.6. The fraction of sp³-hybridized carbons (Fsp3) is 0.294. The van der Waals surface area contributed by atoms with Crippen molar-refractivity contribution in [3.8, 4) is 5.75 Å². The maximum atomic E-state index is 13.6. The quantitative estimate of drug-likeness (QED) is 0.730. The molecule has 0 saturated heterocycles. The molecule has 20 heavy (non-hydrogen) atoms. The van der Waals surface area contributed by atoms with Gasteiger partial charge in [0.15, 0.2) is 0 Å². The molecule has 0 aliphatic carbocycles. The van der Waals surface area contributed by atoms with Crippen molar-refractivity contribution in [1.29, 1.82) is 0 Å². The van der Waals surface area contributed by atoms with Crippen molar-refractivity contribution in [3.63, 3.8) is 0 Å². The second-order valence-electron chi connectivity index (χ2n) is 5.23. The Kier molecular flexibility index (Phi) is 5.02. The van der Waals surface area contributed by atoms with Crippen LogP contribution in [-0.4, -0.2) is 0 Å². The van der Waals surface area contributed by atoms with E-state index in [1.165, 1.54) is 11.6 Å². The van der Waals surface area contributed by atoms with Crippen LogP contribution in [0, 0.1) is 11.7 Å². The van der Waals surface area contributed by atoms with Crippen LogP contribution in [-0.2, 0) is 13.0 Å². The predicted molar refractivity (Wildman–Crippen MR) is 80.7 cm³/mol. The molecule has 0 atom stereocenters. The molecule has 0 saturated carbocycles. The molecule has 0 bridgehead atoms. The van der Waals surface area contributed by atoms with Crippen LogP contribution in [0.2, 0.25) is 5.02 Å². The minimum atomic E-state index is -0.339. The normalized spacial score (nSPS) is 10.8. The third-order valence-electron chi connectivity index (χ3n) is 3.01. The first-order chi connectivity index (χ1) is 9.56. The summed E-state index contributed by atoms with van der Waals surface area (Å²) in [5, 5.41) is 0.390. The lowest BCUT2D eigenvalue weighted by molar-refractivity contribution is 0.300. The van der Waals surface area contributed by atoms with Crippen LogP contribution >= 0.6 is 11.6 Å². The number of halogens is 2. The van der Waals surface area contributed by atoms with Gasteiger partial charge in [0.1, 0.15) is 18.2 Å². The molecule has 3 heteroatoms. The van der Waals surface area contributed by atoms with E-state index in [0.717, 1.165) is 12.2 Å². The molecule has 0 aromatic heterocycles. The minimum absolute atomic E-state index is 0.134. The van der Waals surface area contributed by atoms with Crippen molar-refractivity contribution in [2.45, 2.75) is 26.9 Å². The Bertz CT molecular complexity index is 543. The average Bonchev–Trinajstić information content (AvgIpc) is 2.39. The van der Waals surface area contributed by atoms with Crippen molar-refractivity contribution in [1.82, 2.24) is 0 Å². The molecule has 2 rings (SSSR count). The lowest BCUT2D eigenvalue weighted by atomic mass is 10.0. The van der Waals surface area contributed by atoms with Crippen molar-refractivity contribution < 1.29 is 9.13 Å². The summed E-state index contributed by atoms with van der Waals surface area (Å²) in [6.07, 6.45) is 1.04. The van der Waals surface area contributed by atoms with Crippen LogP contribution in [0.4, 0.5) is 4.39 Å². The van der Waals surface area contributed by atoms with Crippen molar-refractivity contribution in [2.24, 2.45) is 5.92 Å². The molecule has 0 heterocycles. The smallest absolute Gasteiger partial charge is 0.131 e. The minimum Gasteiger partial charge on any atom is -0.489 e. The molecule has 2 aromatic rings. The van der Waals surface area contributed by atoms with Gasteiger partial charge in [-0.3, -0.25) is 0 Å². The van der Waals surface area contributed by atoms with Crippen LogP contribution in [0.25, 0.3) is 0 Å². The molecule has 0 radical (unpaired) electrons. The van der Waals surface area contributed by atoms with E-state index < -0.39 is 0 Å². The molecule has 106 valence electrons. The first-order valence-corrected chi connectivity index (χ1v) is 7.08. The van der Waals surface area contributed by atoms with Gasteiger partial charge in [-0.2, -0.15) is 0 Å². The summed E-state index contributed by atoms with van der Waals surface area (Å²) < 4.78 is 19.2. The molecule has 0 aliphatic heterocycles. The van der Waals surface area contributed by atoms with E-state index >= 15 is 0 Å². The number of benzene rings is 2. The Morgan fingerprint density at radius 2 is 1.80 bits per heavy atom. The summed E-state index contributed by atoms with van der Waals surface area (Å²) in [4.78, 5) is 0. The number of ether oxygens (including phenoxy) is 1. The first kappa shape index (κ1) is 14.9. The molecule has 0 aliphatic rings. The second kappa shape index (κ2) is 6.76. The highest BCUT2D eigenvalue weighted by Gasteiger charge is 2.07. The SMILES string of the molecule is CC(C)Cc1ccc(OCc2c(F)cccc2Cl)cc1. The summed E-state index contributed by atoms with van der Waals surface area (Å²) in [6, 6.07) is 12.5. The van der Waals surface area contributed by atoms with E-state index in [1.807, 2.05) is 24.3 Å². The van der Waals surface area contributed by atoms with Gasteiger partial charge < -0.3 is 4.74 Å². The highest BCUT2D eigenvalue weighted by atomic mass is 35.5. The van der Waals surface area contributed by atoms with Gasteiger partial charge in [0.2, 0.25) is 0 Å². The number of hydrogen-bond donors (Lipinski definition) is 0. The first-order valence-electron chi connectivity index (χ1n) is 6.71. The van der Waals surface area contributed by atoms with Gasteiger partial charge in [-0.25, -0.2) is 4.39 Å². The van der Waals surface area contributed by atoms with Gasteiger partial charge in [0.25, 0.3) is 0 Å². The third kappa shape index (κ3) is 3.97. The van der Waals surface area contributed by atoms with Crippen LogP contribution in [0.3, 0.4) is 0 Å². The molecule has 2 aromatic carbocycles. The van der Waals surface area contributed by atoms with Gasteiger partial charge >= 0.3 is 0 Å².